The summed E-state index contributed by atoms with van der Waals surface area (Å²) >= 11 is 0. The molecule has 0 bridgehead atoms. The molecule has 0 radical (unpaired) electrons. The Morgan fingerprint density at radius 3 is 1.68 bits per heavy atom. The van der Waals surface area contributed by atoms with E-state index in [2.05, 4.69) is 32.8 Å². The Balaban J connectivity index is 0.000000654. The molecule has 2 aromatic rings. The molecular weight excluding hydrogens is 600 g/mol. The largest absolute Gasteiger partial charge is 0.395 e. The van der Waals surface area contributed by atoms with Crippen molar-refractivity contribution in [1.29, 1.82) is 0 Å². The predicted octanol–water partition coefficient (Wildman–Crippen LogP) is 3.78. The van der Waals surface area contributed by atoms with Crippen molar-refractivity contribution in [3.8, 4) is 0 Å². The quantitative estimate of drug-likeness (QED) is 0.0791. The van der Waals surface area contributed by atoms with Crippen molar-refractivity contribution in [2.75, 3.05) is 51.7 Å². The molecule has 2 rings (SSSR count). The number of aliphatic hydroxyl groups is 4. The van der Waals surface area contributed by atoms with E-state index in [0.29, 0.717) is 32.8 Å². The van der Waals surface area contributed by atoms with Gasteiger partial charge in [0.2, 0.25) is 5.95 Å². The first kappa shape index (κ1) is 42.8. The first-order chi connectivity index (χ1) is 22.9. The lowest BCUT2D eigenvalue weighted by atomic mass is 10.0. The van der Waals surface area contributed by atoms with Crippen LogP contribution in [0.2, 0.25) is 0 Å². The number of anilines is 1. The molecule has 0 fully saturated rings. The molecule has 47 heavy (non-hydrogen) atoms. The molecule has 0 aliphatic rings. The van der Waals surface area contributed by atoms with E-state index in [1.165, 1.54) is 107 Å². The average molecular weight is 669 g/mol. The van der Waals surface area contributed by atoms with Gasteiger partial charge >= 0.3 is 0 Å². The monoisotopic (exact) mass is 669 g/mol. The van der Waals surface area contributed by atoms with Crippen LogP contribution in [-0.4, -0.2) is 118 Å². The minimum atomic E-state index is -0.438. The summed E-state index contributed by atoms with van der Waals surface area (Å²) in [6.45, 7) is 8.46. The maximum absolute atomic E-state index is 9.69. The lowest BCUT2D eigenvalue weighted by molar-refractivity contribution is 0.0575. The zero-order chi connectivity index (χ0) is 34.5. The van der Waals surface area contributed by atoms with Crippen molar-refractivity contribution < 1.29 is 20.4 Å². The van der Waals surface area contributed by atoms with Gasteiger partial charge in [0.15, 0.2) is 0 Å². The molecule has 0 saturated carbocycles. The average Bonchev–Trinajstić information content (AvgIpc) is 3.69. The van der Waals surface area contributed by atoms with Gasteiger partial charge in [-0.2, -0.15) is 4.68 Å². The number of aromatic nitrogens is 7. The number of hydrogen-bond donors (Lipinski definition) is 5. The first-order valence-corrected chi connectivity index (χ1v) is 18.3. The van der Waals surface area contributed by atoms with Crippen LogP contribution in [0.25, 0.3) is 0 Å². The summed E-state index contributed by atoms with van der Waals surface area (Å²) in [5.41, 5.74) is 6.49. The molecule has 2 heterocycles. The molecule has 2 unspecified atom stereocenters. The minimum absolute atomic E-state index is 0.0159. The highest BCUT2D eigenvalue weighted by molar-refractivity contribution is 5.09. The van der Waals surface area contributed by atoms with Gasteiger partial charge in [0.25, 0.3) is 0 Å². The summed E-state index contributed by atoms with van der Waals surface area (Å²) in [4.78, 5) is 3.81. The smallest absolute Gasteiger partial charge is 0.241 e. The fourth-order valence-electron chi connectivity index (χ4n) is 5.57. The Kier molecular flexibility index (Phi) is 26.2. The van der Waals surface area contributed by atoms with Crippen LogP contribution >= 0.6 is 0 Å². The summed E-state index contributed by atoms with van der Waals surface area (Å²) in [5.74, 6) is 0.214. The highest BCUT2D eigenvalue weighted by Gasteiger charge is 2.18. The van der Waals surface area contributed by atoms with Crippen LogP contribution in [0.4, 0.5) is 5.95 Å². The molecule has 14 nitrogen and oxygen atoms in total. The standard InChI is InChI=1S/C27H54N4O2.C6H14N6O2/c1-4-5-6-7-8-9-10-11-12-13-14-15-16-17-18-19-20-27-24-31(29-28-27)26(3)30(21-22-32)23-25(2)33;7-6-8-9-10-12(6)5-11(1-3-13)2-4-14/h24-26,32-33H,4-23H2,1-3H3;13-14H,1-5H2,(H2,7,8,10). The number of nitrogen functional groups attached to an aromatic ring is 1. The van der Waals surface area contributed by atoms with E-state index in [-0.39, 0.29) is 31.9 Å². The maximum Gasteiger partial charge on any atom is 0.241 e. The maximum atomic E-state index is 9.69. The molecule has 0 spiro atoms. The van der Waals surface area contributed by atoms with Crippen molar-refractivity contribution in [2.24, 2.45) is 0 Å². The molecule has 2 aromatic heterocycles. The van der Waals surface area contributed by atoms with Gasteiger partial charge in [-0.1, -0.05) is 114 Å². The second-order valence-corrected chi connectivity index (χ2v) is 12.7. The molecule has 2 atom stereocenters. The van der Waals surface area contributed by atoms with Gasteiger partial charge in [-0.05, 0) is 37.1 Å². The molecule has 0 aliphatic heterocycles. The summed E-state index contributed by atoms with van der Waals surface area (Å²) < 4.78 is 3.24. The van der Waals surface area contributed by atoms with Crippen LogP contribution in [0, 0.1) is 0 Å². The third kappa shape index (κ3) is 21.4. The highest BCUT2D eigenvalue weighted by atomic mass is 16.3. The van der Waals surface area contributed by atoms with Gasteiger partial charge < -0.3 is 26.2 Å². The van der Waals surface area contributed by atoms with Crippen molar-refractivity contribution in [1.82, 2.24) is 45.0 Å². The second kappa shape index (κ2) is 28.8. The van der Waals surface area contributed by atoms with Crippen LogP contribution in [0.15, 0.2) is 6.20 Å². The Hall–Kier alpha value is -2.23. The van der Waals surface area contributed by atoms with Crippen molar-refractivity contribution in [3.05, 3.63) is 11.9 Å². The first-order valence-electron chi connectivity index (χ1n) is 18.3. The molecule has 0 aliphatic carbocycles. The predicted molar refractivity (Wildman–Crippen MR) is 186 cm³/mol. The van der Waals surface area contributed by atoms with Crippen LogP contribution in [0.3, 0.4) is 0 Å². The van der Waals surface area contributed by atoms with Crippen LogP contribution in [0.1, 0.15) is 135 Å². The Morgan fingerprint density at radius 1 is 0.723 bits per heavy atom. The second-order valence-electron chi connectivity index (χ2n) is 12.7. The minimum Gasteiger partial charge on any atom is -0.395 e. The number of nitrogens with two attached hydrogens (primary N) is 1. The molecule has 274 valence electrons. The lowest BCUT2D eigenvalue weighted by Gasteiger charge is -2.29. The van der Waals surface area contributed by atoms with Crippen molar-refractivity contribution in [3.63, 3.8) is 0 Å². The topological polar surface area (TPSA) is 188 Å². The molecule has 0 saturated heterocycles. The number of hydrogen-bond acceptors (Lipinski definition) is 12. The third-order valence-corrected chi connectivity index (χ3v) is 8.37. The molecule has 0 amide bonds. The zero-order valence-corrected chi connectivity index (χ0v) is 29.8. The van der Waals surface area contributed by atoms with Gasteiger partial charge in [0, 0.05) is 26.2 Å². The summed E-state index contributed by atoms with van der Waals surface area (Å²) in [7, 11) is 0. The number of aliphatic hydroxyl groups excluding tert-OH is 4. The third-order valence-electron chi connectivity index (χ3n) is 8.37. The molecule has 14 heteroatoms. The Bertz CT molecular complexity index is 956. The van der Waals surface area contributed by atoms with Gasteiger partial charge in [0.05, 0.1) is 44.5 Å². The zero-order valence-electron chi connectivity index (χ0n) is 29.8. The van der Waals surface area contributed by atoms with E-state index < -0.39 is 6.10 Å². The van der Waals surface area contributed by atoms with Crippen molar-refractivity contribution >= 4 is 5.95 Å². The normalized spacial score (nSPS) is 12.9. The summed E-state index contributed by atoms with van der Waals surface area (Å²) in [5, 5.41) is 55.6. The van der Waals surface area contributed by atoms with E-state index in [0.717, 1.165) is 12.1 Å². The molecule has 0 aromatic carbocycles. The SMILES string of the molecule is CCCCCCCCCCCCCCCCCCc1cn(C(C)N(CCO)CC(C)O)nn1.Nc1nnnn1CN(CCO)CCO. The molecular formula is C33H68N10O4. The summed E-state index contributed by atoms with van der Waals surface area (Å²) in [6.07, 6.45) is 24.7. The number of nitrogens with zero attached hydrogens (tertiary/aromatic N) is 9. The lowest BCUT2D eigenvalue weighted by Crippen LogP contribution is -2.38. The molecule has 6 N–H and O–H groups in total. The van der Waals surface area contributed by atoms with E-state index in [9.17, 15) is 10.2 Å². The fraction of sp³-hybridized carbons (Fsp3) is 0.909. The van der Waals surface area contributed by atoms with E-state index >= 15 is 0 Å². The van der Waals surface area contributed by atoms with Gasteiger partial charge in [-0.25, -0.2) is 4.68 Å². The van der Waals surface area contributed by atoms with E-state index in [4.69, 9.17) is 15.9 Å². The van der Waals surface area contributed by atoms with Gasteiger partial charge in [-0.3, -0.25) is 9.80 Å². The number of rotatable bonds is 29. The van der Waals surface area contributed by atoms with Gasteiger partial charge in [0.1, 0.15) is 6.17 Å². The van der Waals surface area contributed by atoms with E-state index in [1.54, 1.807) is 11.8 Å². The van der Waals surface area contributed by atoms with Crippen LogP contribution < -0.4 is 5.73 Å². The fourth-order valence-corrected chi connectivity index (χ4v) is 5.57. The Morgan fingerprint density at radius 2 is 1.23 bits per heavy atom. The number of aryl methyl sites for hydroxylation is 1. The highest BCUT2D eigenvalue weighted by Crippen LogP contribution is 2.16. The summed E-state index contributed by atoms with van der Waals surface area (Å²) in [6, 6.07) is 0. The van der Waals surface area contributed by atoms with Crippen LogP contribution in [-0.2, 0) is 13.1 Å². The van der Waals surface area contributed by atoms with Crippen molar-refractivity contribution in [2.45, 2.75) is 149 Å². The number of unbranched alkanes of at least 4 members (excludes halogenated alkanes) is 15. The van der Waals surface area contributed by atoms with Crippen LogP contribution in [0.5, 0.6) is 0 Å². The number of tetrazole rings is 1. The van der Waals surface area contributed by atoms with E-state index in [1.807, 2.05) is 22.7 Å². The van der Waals surface area contributed by atoms with Gasteiger partial charge in [-0.15, -0.1) is 5.10 Å². The Labute approximate surface area is 283 Å².